The third kappa shape index (κ3) is 6.62. The summed E-state index contributed by atoms with van der Waals surface area (Å²) in [5.41, 5.74) is -0.217. The van der Waals surface area contributed by atoms with Crippen LogP contribution in [0.15, 0.2) is 36.2 Å². The molecule has 0 aliphatic carbocycles. The second kappa shape index (κ2) is 12.1. The van der Waals surface area contributed by atoms with Crippen LogP contribution < -0.4 is 14.8 Å². The standard InChI is InChI=1S/C18H16Br4N2O7/c1-29-4-5-30-6-7-31-10-3-2-9(8-24(10)28)23-17(25)11-12(18(26)27)14(20)16(22)15(21)13(11)19/h2-3,8H,4-7H2,1H3,(H,23,25)(H,26,27). The number of pyridine rings is 1. The number of methoxy groups -OCH3 is 1. The van der Waals surface area contributed by atoms with E-state index in [1.165, 1.54) is 12.1 Å². The molecule has 2 aromatic rings. The molecule has 2 N–H and O–H groups in total. The van der Waals surface area contributed by atoms with E-state index in [1.807, 2.05) is 0 Å². The van der Waals surface area contributed by atoms with Crippen molar-refractivity contribution in [3.8, 4) is 5.88 Å². The van der Waals surface area contributed by atoms with Crippen molar-refractivity contribution >= 4 is 81.3 Å². The Hall–Kier alpha value is -1.25. The van der Waals surface area contributed by atoms with Gasteiger partial charge in [-0.05, 0) is 69.8 Å². The fourth-order valence-electron chi connectivity index (χ4n) is 2.34. The summed E-state index contributed by atoms with van der Waals surface area (Å²) in [6.07, 6.45) is 1.11. The number of aromatic nitrogens is 1. The first-order chi connectivity index (χ1) is 14.7. The zero-order valence-corrected chi connectivity index (χ0v) is 22.3. The number of carbonyl (C=O) groups excluding carboxylic acids is 1. The van der Waals surface area contributed by atoms with Gasteiger partial charge in [-0.15, -0.1) is 4.73 Å². The minimum atomic E-state index is -1.30. The largest absolute Gasteiger partial charge is 0.616 e. The van der Waals surface area contributed by atoms with E-state index in [-0.39, 0.29) is 44.9 Å². The lowest BCUT2D eigenvalue weighted by Crippen LogP contribution is -2.30. The summed E-state index contributed by atoms with van der Waals surface area (Å²) in [4.78, 5) is 24.6. The summed E-state index contributed by atoms with van der Waals surface area (Å²) in [6.45, 7) is 1.31. The van der Waals surface area contributed by atoms with Gasteiger partial charge < -0.3 is 29.8 Å². The lowest BCUT2D eigenvalue weighted by atomic mass is 10.1. The van der Waals surface area contributed by atoms with Crippen molar-refractivity contribution in [2.45, 2.75) is 0 Å². The smallest absolute Gasteiger partial charge is 0.379 e. The number of aromatic carboxylic acids is 1. The Bertz CT molecular complexity index is 988. The molecule has 1 amide bonds. The Balaban J connectivity index is 2.16. The zero-order chi connectivity index (χ0) is 23.1. The van der Waals surface area contributed by atoms with E-state index in [0.717, 1.165) is 6.20 Å². The summed E-state index contributed by atoms with van der Waals surface area (Å²) in [7, 11) is 1.57. The fourth-order valence-corrected chi connectivity index (χ4v) is 4.81. The lowest BCUT2D eigenvalue weighted by molar-refractivity contribution is -0.612. The van der Waals surface area contributed by atoms with E-state index in [9.17, 15) is 19.9 Å². The van der Waals surface area contributed by atoms with Crippen LogP contribution in [0.3, 0.4) is 0 Å². The van der Waals surface area contributed by atoms with Gasteiger partial charge in [0.2, 0.25) is 6.20 Å². The summed E-state index contributed by atoms with van der Waals surface area (Å²) >= 11 is 13.0. The number of carbonyl (C=O) groups is 2. The molecule has 1 heterocycles. The highest BCUT2D eigenvalue weighted by atomic mass is 79.9. The Kier molecular flexibility index (Phi) is 10.2. The SMILES string of the molecule is COCCOCCOc1ccc(NC(=O)c2c(Br)c(Br)c(Br)c(Br)c2C(=O)O)c[n+]1[O-]. The number of carboxylic acids is 1. The second-order valence-electron chi connectivity index (χ2n) is 5.80. The first-order valence-corrected chi connectivity index (χ1v) is 11.7. The first kappa shape index (κ1) is 26.0. The van der Waals surface area contributed by atoms with E-state index >= 15 is 0 Å². The zero-order valence-electron chi connectivity index (χ0n) is 15.9. The molecular weight excluding hydrogens is 676 g/mol. The number of carboxylic acid groups (broad SMARTS) is 1. The number of hydrogen-bond donors (Lipinski definition) is 2. The van der Waals surface area contributed by atoms with Crippen molar-refractivity contribution in [3.05, 3.63) is 52.6 Å². The molecule has 9 nitrogen and oxygen atoms in total. The van der Waals surface area contributed by atoms with Crippen LogP contribution in [0.25, 0.3) is 0 Å². The summed E-state index contributed by atoms with van der Waals surface area (Å²) < 4.78 is 17.2. The van der Waals surface area contributed by atoms with Gasteiger partial charge in [-0.2, -0.15) is 0 Å². The van der Waals surface area contributed by atoms with Crippen LogP contribution in [0.1, 0.15) is 20.7 Å². The predicted molar refractivity (Wildman–Crippen MR) is 126 cm³/mol. The highest BCUT2D eigenvalue weighted by Crippen LogP contribution is 2.42. The predicted octanol–water partition coefficient (Wildman–Crippen LogP) is 4.36. The average Bonchev–Trinajstić information content (AvgIpc) is 2.72. The fraction of sp³-hybridized carbons (Fsp3) is 0.278. The number of ether oxygens (including phenoxy) is 3. The minimum Gasteiger partial charge on any atom is -0.616 e. The minimum absolute atomic E-state index is 0.0230. The molecule has 13 heteroatoms. The number of nitrogens with zero attached hydrogens (tertiary/aromatic N) is 1. The molecule has 1 aromatic heterocycles. The molecular formula is C18H16Br4N2O7. The number of halogens is 4. The van der Waals surface area contributed by atoms with E-state index in [4.69, 9.17) is 14.2 Å². The summed E-state index contributed by atoms with van der Waals surface area (Å²) in [5.74, 6) is -2.01. The number of benzene rings is 1. The van der Waals surface area contributed by atoms with Crippen LogP contribution in [-0.2, 0) is 9.47 Å². The van der Waals surface area contributed by atoms with E-state index in [0.29, 0.717) is 26.9 Å². The second-order valence-corrected chi connectivity index (χ2v) is 8.97. The molecule has 0 radical (unpaired) electrons. The number of amides is 1. The van der Waals surface area contributed by atoms with Crippen LogP contribution >= 0.6 is 63.7 Å². The third-order valence-electron chi connectivity index (χ3n) is 3.75. The van der Waals surface area contributed by atoms with Crippen molar-refractivity contribution in [3.63, 3.8) is 0 Å². The van der Waals surface area contributed by atoms with Gasteiger partial charge in [0, 0.05) is 25.0 Å². The number of hydrogen-bond acceptors (Lipinski definition) is 6. The number of anilines is 1. The van der Waals surface area contributed by atoms with Gasteiger partial charge in [0.1, 0.15) is 12.3 Å². The Morgan fingerprint density at radius 2 is 1.61 bits per heavy atom. The molecule has 0 saturated carbocycles. The van der Waals surface area contributed by atoms with Crippen molar-refractivity contribution in [2.24, 2.45) is 0 Å². The van der Waals surface area contributed by atoms with Crippen LogP contribution in [0.2, 0.25) is 0 Å². The van der Waals surface area contributed by atoms with Crippen molar-refractivity contribution in [1.29, 1.82) is 0 Å². The van der Waals surface area contributed by atoms with Crippen molar-refractivity contribution in [1.82, 2.24) is 0 Å². The van der Waals surface area contributed by atoms with Gasteiger partial charge in [0.05, 0.1) is 37.0 Å². The Morgan fingerprint density at radius 3 is 2.19 bits per heavy atom. The molecule has 1 aromatic carbocycles. The van der Waals surface area contributed by atoms with Crippen molar-refractivity contribution < 1.29 is 33.6 Å². The van der Waals surface area contributed by atoms with Crippen LogP contribution in [0.5, 0.6) is 5.88 Å². The van der Waals surface area contributed by atoms with Crippen LogP contribution in [0, 0.1) is 5.21 Å². The molecule has 0 atom stereocenters. The molecule has 0 spiro atoms. The van der Waals surface area contributed by atoms with Gasteiger partial charge in [0.25, 0.3) is 5.91 Å². The summed E-state index contributed by atoms with van der Waals surface area (Å²) in [6, 6.07) is 2.85. The van der Waals surface area contributed by atoms with Gasteiger partial charge in [-0.25, -0.2) is 4.79 Å². The topological polar surface area (TPSA) is 121 Å². The average molecular weight is 692 g/mol. The first-order valence-electron chi connectivity index (χ1n) is 8.52. The quantitative estimate of drug-likeness (QED) is 0.125. The van der Waals surface area contributed by atoms with Gasteiger partial charge >= 0.3 is 11.8 Å². The third-order valence-corrected chi connectivity index (χ3v) is 8.52. The molecule has 0 unspecified atom stereocenters. The molecule has 168 valence electrons. The molecule has 0 aliphatic rings. The monoisotopic (exact) mass is 688 g/mol. The van der Waals surface area contributed by atoms with E-state index in [1.54, 1.807) is 7.11 Å². The molecule has 0 saturated heterocycles. The highest BCUT2D eigenvalue weighted by molar-refractivity contribution is 9.15. The van der Waals surface area contributed by atoms with Crippen LogP contribution in [0.4, 0.5) is 5.69 Å². The molecule has 0 aliphatic heterocycles. The normalized spacial score (nSPS) is 10.7. The van der Waals surface area contributed by atoms with Crippen LogP contribution in [-0.4, -0.2) is 50.5 Å². The molecule has 31 heavy (non-hydrogen) atoms. The van der Waals surface area contributed by atoms with Crippen molar-refractivity contribution in [2.75, 3.05) is 38.9 Å². The maximum absolute atomic E-state index is 12.8. The van der Waals surface area contributed by atoms with E-state index < -0.39 is 11.9 Å². The maximum atomic E-state index is 12.8. The van der Waals surface area contributed by atoms with Gasteiger partial charge in [-0.3, -0.25) is 4.79 Å². The molecule has 0 fully saturated rings. The number of rotatable bonds is 10. The highest BCUT2D eigenvalue weighted by Gasteiger charge is 2.28. The Morgan fingerprint density at radius 1 is 1.00 bits per heavy atom. The number of nitrogens with one attached hydrogen (secondary N) is 1. The van der Waals surface area contributed by atoms with E-state index in [2.05, 4.69) is 69.0 Å². The maximum Gasteiger partial charge on any atom is 0.379 e. The Labute approximate surface area is 211 Å². The molecule has 2 rings (SSSR count). The van der Waals surface area contributed by atoms with Gasteiger partial charge in [-0.1, -0.05) is 0 Å². The lowest BCUT2D eigenvalue weighted by Gasteiger charge is -2.15. The van der Waals surface area contributed by atoms with Gasteiger partial charge in [0.15, 0.2) is 0 Å². The molecule has 0 bridgehead atoms. The summed E-state index contributed by atoms with van der Waals surface area (Å²) in [5, 5.41) is 24.3.